The van der Waals surface area contributed by atoms with Crippen molar-refractivity contribution in [2.45, 2.75) is 25.4 Å². The summed E-state index contributed by atoms with van der Waals surface area (Å²) in [6.07, 6.45) is 4.15. The number of carbonyl (C=O) groups excluding carboxylic acids is 3. The van der Waals surface area contributed by atoms with Crippen molar-refractivity contribution in [3.8, 4) is 0 Å². The van der Waals surface area contributed by atoms with Crippen LogP contribution in [0.1, 0.15) is 24.8 Å². The van der Waals surface area contributed by atoms with Gasteiger partial charge in [-0.2, -0.15) is 0 Å². The molecular weight excluding hydrogens is 380 g/mol. The Bertz CT molecular complexity index is 731. The largest absolute Gasteiger partial charge is 0.378 e. The molecule has 0 radical (unpaired) electrons. The monoisotopic (exact) mass is 404 g/mol. The summed E-state index contributed by atoms with van der Waals surface area (Å²) in [5, 5.41) is 2.40. The minimum absolute atomic E-state index is 0.144. The molecule has 2 aliphatic heterocycles. The third kappa shape index (κ3) is 5.92. The summed E-state index contributed by atoms with van der Waals surface area (Å²) in [4.78, 5) is 37.9. The molecular formula is C20H24N2O5S. The summed E-state index contributed by atoms with van der Waals surface area (Å²) in [6, 6.07) is 9.37. The van der Waals surface area contributed by atoms with Crippen LogP contribution < -0.4 is 5.32 Å². The number of nitrogens with zero attached hydrogens (tertiary/aromatic N) is 1. The van der Waals surface area contributed by atoms with Crippen LogP contribution in [0.3, 0.4) is 0 Å². The van der Waals surface area contributed by atoms with Crippen LogP contribution >= 0.6 is 11.8 Å². The van der Waals surface area contributed by atoms with Gasteiger partial charge < -0.3 is 14.8 Å². The number of hydrogen-bond acceptors (Lipinski definition) is 6. The molecule has 3 amide bonds. The molecule has 1 unspecified atom stereocenters. The van der Waals surface area contributed by atoms with Gasteiger partial charge in [0.15, 0.2) is 0 Å². The third-order valence-corrected chi connectivity index (χ3v) is 5.34. The second-order valence-electron chi connectivity index (χ2n) is 6.55. The molecule has 2 heterocycles. The normalized spacial score (nSPS) is 20.9. The molecule has 0 saturated carbocycles. The quantitative estimate of drug-likeness (QED) is 0.503. The SMILES string of the molecule is O=C(CCOCC1CCCO1)NCCN1C(=O)S/C(=C/c2ccccc2)C1=O. The fourth-order valence-corrected chi connectivity index (χ4v) is 3.81. The van der Waals surface area contributed by atoms with Gasteiger partial charge in [0.2, 0.25) is 5.91 Å². The van der Waals surface area contributed by atoms with Crippen LogP contribution in [0.4, 0.5) is 4.79 Å². The van der Waals surface area contributed by atoms with Gasteiger partial charge in [-0.05, 0) is 36.2 Å². The van der Waals surface area contributed by atoms with Crippen LogP contribution in [0.5, 0.6) is 0 Å². The van der Waals surface area contributed by atoms with Crippen molar-refractivity contribution < 1.29 is 23.9 Å². The molecule has 2 saturated heterocycles. The molecule has 8 heteroatoms. The molecule has 2 aliphatic rings. The van der Waals surface area contributed by atoms with Crippen molar-refractivity contribution in [3.05, 3.63) is 40.8 Å². The lowest BCUT2D eigenvalue weighted by atomic mass is 10.2. The lowest BCUT2D eigenvalue weighted by Crippen LogP contribution is -2.37. The molecule has 0 bridgehead atoms. The lowest BCUT2D eigenvalue weighted by Gasteiger charge is -2.13. The number of ether oxygens (including phenoxy) is 2. The Hall–Kier alpha value is -2.16. The van der Waals surface area contributed by atoms with Crippen LogP contribution in [0, 0.1) is 0 Å². The first-order valence-corrected chi connectivity index (χ1v) is 10.2. The first-order valence-electron chi connectivity index (χ1n) is 9.40. The fourth-order valence-electron chi connectivity index (χ4n) is 2.94. The van der Waals surface area contributed by atoms with Crippen LogP contribution in [-0.4, -0.2) is 61.0 Å². The van der Waals surface area contributed by atoms with Gasteiger partial charge in [-0.15, -0.1) is 0 Å². The van der Waals surface area contributed by atoms with Crippen molar-refractivity contribution >= 4 is 34.9 Å². The highest BCUT2D eigenvalue weighted by Gasteiger charge is 2.34. The lowest BCUT2D eigenvalue weighted by molar-refractivity contribution is -0.124. The number of rotatable bonds is 9. The number of benzene rings is 1. The number of amides is 3. The summed E-state index contributed by atoms with van der Waals surface area (Å²) in [5.41, 5.74) is 0.865. The first kappa shape index (κ1) is 20.6. The summed E-state index contributed by atoms with van der Waals surface area (Å²) in [6.45, 7) is 1.99. The predicted octanol–water partition coefficient (Wildman–Crippen LogP) is 2.42. The van der Waals surface area contributed by atoms with Crippen molar-refractivity contribution in [1.29, 1.82) is 0 Å². The van der Waals surface area contributed by atoms with Gasteiger partial charge in [0.25, 0.3) is 11.1 Å². The highest BCUT2D eigenvalue weighted by molar-refractivity contribution is 8.18. The second-order valence-corrected chi connectivity index (χ2v) is 7.55. The molecule has 7 nitrogen and oxygen atoms in total. The Balaban J connectivity index is 1.36. The minimum Gasteiger partial charge on any atom is -0.378 e. The summed E-state index contributed by atoms with van der Waals surface area (Å²) in [5.74, 6) is -0.493. The third-order valence-electron chi connectivity index (χ3n) is 4.43. The zero-order chi connectivity index (χ0) is 19.8. The highest BCUT2D eigenvalue weighted by Crippen LogP contribution is 2.31. The maximum Gasteiger partial charge on any atom is 0.293 e. The highest BCUT2D eigenvalue weighted by atomic mass is 32.2. The second kappa shape index (κ2) is 10.4. The number of carbonyl (C=O) groups is 3. The van der Waals surface area contributed by atoms with E-state index in [4.69, 9.17) is 9.47 Å². The standard InChI is InChI=1S/C20H24N2O5S/c23-18(8-12-26-14-16-7-4-11-27-16)21-9-10-22-19(24)17(28-20(22)25)13-15-5-2-1-3-6-15/h1-3,5-6,13,16H,4,7-12,14H2,(H,21,23)/b17-13+. The van der Waals surface area contributed by atoms with E-state index >= 15 is 0 Å². The Labute approximate surface area is 168 Å². The molecule has 1 aromatic carbocycles. The van der Waals surface area contributed by atoms with Gasteiger partial charge in [0.05, 0.1) is 24.2 Å². The van der Waals surface area contributed by atoms with Crippen molar-refractivity contribution in [1.82, 2.24) is 10.2 Å². The Morgan fingerprint density at radius 1 is 1.32 bits per heavy atom. The molecule has 0 spiro atoms. The Morgan fingerprint density at radius 2 is 2.14 bits per heavy atom. The van der Waals surface area contributed by atoms with E-state index in [1.807, 2.05) is 30.3 Å². The molecule has 1 aromatic rings. The predicted molar refractivity (Wildman–Crippen MR) is 107 cm³/mol. The molecule has 0 aliphatic carbocycles. The molecule has 150 valence electrons. The van der Waals surface area contributed by atoms with Gasteiger partial charge in [-0.25, -0.2) is 0 Å². The topological polar surface area (TPSA) is 84.9 Å². The zero-order valence-electron chi connectivity index (χ0n) is 15.6. The van der Waals surface area contributed by atoms with Crippen LogP contribution in [-0.2, 0) is 19.1 Å². The van der Waals surface area contributed by atoms with E-state index in [1.165, 1.54) is 0 Å². The van der Waals surface area contributed by atoms with Gasteiger partial charge >= 0.3 is 0 Å². The smallest absolute Gasteiger partial charge is 0.293 e. The van der Waals surface area contributed by atoms with Gasteiger partial charge in [0, 0.05) is 26.1 Å². The molecule has 3 rings (SSSR count). The van der Waals surface area contributed by atoms with Crippen LogP contribution in [0.15, 0.2) is 35.2 Å². The number of thioether (sulfide) groups is 1. The minimum atomic E-state index is -0.326. The van der Waals surface area contributed by atoms with E-state index in [-0.39, 0.29) is 42.7 Å². The van der Waals surface area contributed by atoms with Gasteiger partial charge in [0.1, 0.15) is 0 Å². The average Bonchev–Trinajstić information content (AvgIpc) is 3.30. The number of hydrogen-bond donors (Lipinski definition) is 1. The van der Waals surface area contributed by atoms with E-state index < -0.39 is 0 Å². The van der Waals surface area contributed by atoms with Gasteiger partial charge in [-0.1, -0.05) is 30.3 Å². The van der Waals surface area contributed by atoms with E-state index in [0.717, 1.165) is 41.7 Å². The maximum atomic E-state index is 12.4. The van der Waals surface area contributed by atoms with Crippen LogP contribution in [0.25, 0.3) is 6.08 Å². The molecule has 2 fully saturated rings. The maximum absolute atomic E-state index is 12.4. The van der Waals surface area contributed by atoms with Gasteiger partial charge in [-0.3, -0.25) is 19.3 Å². The molecule has 1 atom stereocenters. The molecule has 0 aromatic heterocycles. The molecule has 1 N–H and O–H groups in total. The Kier molecular flexibility index (Phi) is 7.64. The van der Waals surface area contributed by atoms with Crippen molar-refractivity contribution in [2.24, 2.45) is 0 Å². The zero-order valence-corrected chi connectivity index (χ0v) is 16.4. The van der Waals surface area contributed by atoms with Crippen molar-refractivity contribution in [2.75, 3.05) is 32.9 Å². The molecule has 28 heavy (non-hydrogen) atoms. The van der Waals surface area contributed by atoms with E-state index in [9.17, 15) is 14.4 Å². The summed E-state index contributed by atoms with van der Waals surface area (Å²) >= 11 is 0.918. The van der Waals surface area contributed by atoms with E-state index in [1.54, 1.807) is 6.08 Å². The average molecular weight is 404 g/mol. The van der Waals surface area contributed by atoms with Crippen LogP contribution in [0.2, 0.25) is 0 Å². The summed E-state index contributed by atoms with van der Waals surface area (Å²) in [7, 11) is 0. The number of nitrogens with one attached hydrogen (secondary N) is 1. The number of imide groups is 1. The van der Waals surface area contributed by atoms with E-state index in [2.05, 4.69) is 5.32 Å². The fraction of sp³-hybridized carbons (Fsp3) is 0.450. The van der Waals surface area contributed by atoms with Crippen molar-refractivity contribution in [3.63, 3.8) is 0 Å². The Morgan fingerprint density at radius 3 is 2.89 bits per heavy atom. The first-order chi connectivity index (χ1) is 13.6. The van der Waals surface area contributed by atoms with E-state index in [0.29, 0.717) is 18.1 Å². The summed E-state index contributed by atoms with van der Waals surface area (Å²) < 4.78 is 10.9.